The quantitative estimate of drug-likeness (QED) is 0.606. The van der Waals surface area contributed by atoms with Crippen molar-refractivity contribution in [2.45, 2.75) is 20.5 Å². The van der Waals surface area contributed by atoms with Crippen molar-refractivity contribution in [1.29, 1.82) is 0 Å². The molecule has 114 valence electrons. The van der Waals surface area contributed by atoms with Crippen LogP contribution >= 0.6 is 0 Å². The van der Waals surface area contributed by atoms with E-state index in [-0.39, 0.29) is 5.97 Å². The molecule has 5 heteroatoms. The van der Waals surface area contributed by atoms with Gasteiger partial charge in [0.1, 0.15) is 12.4 Å². The van der Waals surface area contributed by atoms with Crippen LogP contribution in [0, 0.1) is 6.92 Å². The van der Waals surface area contributed by atoms with Crippen molar-refractivity contribution in [3.8, 4) is 5.75 Å². The molecular formula is C17H18N2O3. The second-order valence-corrected chi connectivity index (χ2v) is 4.59. The van der Waals surface area contributed by atoms with Gasteiger partial charge >= 0.3 is 5.97 Å². The van der Waals surface area contributed by atoms with E-state index >= 15 is 0 Å². The third-order valence-corrected chi connectivity index (χ3v) is 2.77. The molecule has 0 saturated carbocycles. The van der Waals surface area contributed by atoms with Gasteiger partial charge in [0.2, 0.25) is 0 Å². The smallest absolute Gasteiger partial charge is 0.330 e. The van der Waals surface area contributed by atoms with E-state index in [1.165, 1.54) is 6.08 Å². The number of nitrogens with zero attached hydrogens (tertiary/aromatic N) is 2. The summed E-state index contributed by atoms with van der Waals surface area (Å²) in [6.07, 6.45) is 6.49. The van der Waals surface area contributed by atoms with Crippen LogP contribution in [-0.2, 0) is 16.1 Å². The molecule has 0 N–H and O–H groups in total. The van der Waals surface area contributed by atoms with Gasteiger partial charge in [0, 0.05) is 12.3 Å². The summed E-state index contributed by atoms with van der Waals surface area (Å²) in [6, 6.07) is 7.42. The topological polar surface area (TPSA) is 61.3 Å². The zero-order valence-electron chi connectivity index (χ0n) is 12.7. The Morgan fingerprint density at radius 3 is 2.68 bits per heavy atom. The van der Waals surface area contributed by atoms with E-state index in [4.69, 9.17) is 9.47 Å². The predicted molar refractivity (Wildman–Crippen MR) is 83.2 cm³/mol. The first kappa shape index (κ1) is 15.7. The molecule has 0 aliphatic heterocycles. The molecule has 0 radical (unpaired) electrons. The van der Waals surface area contributed by atoms with Crippen LogP contribution < -0.4 is 4.74 Å². The molecule has 0 fully saturated rings. The molecule has 0 amide bonds. The van der Waals surface area contributed by atoms with E-state index in [2.05, 4.69) is 9.97 Å². The number of hydrogen-bond acceptors (Lipinski definition) is 5. The number of ether oxygens (including phenoxy) is 2. The van der Waals surface area contributed by atoms with Crippen molar-refractivity contribution in [2.24, 2.45) is 0 Å². The maximum atomic E-state index is 11.2. The number of aromatic nitrogens is 2. The third kappa shape index (κ3) is 5.01. The normalized spacial score (nSPS) is 10.6. The van der Waals surface area contributed by atoms with Gasteiger partial charge in [0.15, 0.2) is 0 Å². The summed E-state index contributed by atoms with van der Waals surface area (Å²) in [4.78, 5) is 19.6. The first-order valence-corrected chi connectivity index (χ1v) is 7.02. The van der Waals surface area contributed by atoms with Gasteiger partial charge < -0.3 is 9.47 Å². The molecule has 0 saturated heterocycles. The van der Waals surface area contributed by atoms with Crippen LogP contribution in [0.3, 0.4) is 0 Å². The van der Waals surface area contributed by atoms with Crippen molar-refractivity contribution >= 4 is 12.0 Å². The molecule has 1 heterocycles. The Morgan fingerprint density at radius 1 is 1.23 bits per heavy atom. The van der Waals surface area contributed by atoms with Gasteiger partial charge in [-0.05, 0) is 37.6 Å². The van der Waals surface area contributed by atoms with E-state index in [0.717, 1.165) is 22.7 Å². The van der Waals surface area contributed by atoms with Crippen LogP contribution in [0.2, 0.25) is 0 Å². The summed E-state index contributed by atoms with van der Waals surface area (Å²) in [5.74, 6) is 0.387. The molecule has 2 rings (SSSR count). The fraction of sp³-hybridized carbons (Fsp3) is 0.235. The monoisotopic (exact) mass is 298 g/mol. The van der Waals surface area contributed by atoms with Gasteiger partial charge in [0.25, 0.3) is 0 Å². The van der Waals surface area contributed by atoms with Crippen LogP contribution in [0.15, 0.2) is 42.7 Å². The van der Waals surface area contributed by atoms with Gasteiger partial charge in [-0.2, -0.15) is 0 Å². The first-order valence-electron chi connectivity index (χ1n) is 7.02. The van der Waals surface area contributed by atoms with Gasteiger partial charge in [-0.3, -0.25) is 9.97 Å². The average Bonchev–Trinajstić information content (AvgIpc) is 2.52. The van der Waals surface area contributed by atoms with Gasteiger partial charge in [-0.15, -0.1) is 0 Å². The van der Waals surface area contributed by atoms with E-state index in [9.17, 15) is 4.79 Å². The Labute approximate surface area is 129 Å². The second-order valence-electron chi connectivity index (χ2n) is 4.59. The molecule has 0 spiro atoms. The molecular weight excluding hydrogens is 280 g/mol. The van der Waals surface area contributed by atoms with Gasteiger partial charge in [-0.25, -0.2) is 4.79 Å². The number of aryl methyl sites for hydroxylation is 1. The lowest BCUT2D eigenvalue weighted by Crippen LogP contribution is -2.00. The standard InChI is InChI=1S/C17H18N2O3/c1-3-21-17(20)9-6-14-4-7-16(8-5-14)22-12-15-11-18-10-13(2)19-15/h4-11H,3,12H2,1-2H3/b9-6+. The highest BCUT2D eigenvalue weighted by molar-refractivity contribution is 5.87. The maximum Gasteiger partial charge on any atom is 0.330 e. The van der Waals surface area contributed by atoms with Gasteiger partial charge in [0.05, 0.1) is 24.2 Å². The molecule has 0 aliphatic rings. The third-order valence-electron chi connectivity index (χ3n) is 2.77. The largest absolute Gasteiger partial charge is 0.487 e. The summed E-state index contributed by atoms with van der Waals surface area (Å²) in [7, 11) is 0. The Balaban J connectivity index is 1.90. The lowest BCUT2D eigenvalue weighted by molar-refractivity contribution is -0.137. The maximum absolute atomic E-state index is 11.2. The Morgan fingerprint density at radius 2 is 2.00 bits per heavy atom. The molecule has 2 aromatic rings. The SMILES string of the molecule is CCOC(=O)/C=C/c1ccc(OCc2cncc(C)n2)cc1. The molecule has 0 bridgehead atoms. The molecule has 0 unspecified atom stereocenters. The number of rotatable bonds is 6. The molecule has 1 aromatic heterocycles. The number of carbonyl (C=O) groups is 1. The van der Waals surface area contributed by atoms with Crippen molar-refractivity contribution in [3.05, 3.63) is 59.7 Å². The van der Waals surface area contributed by atoms with Crippen molar-refractivity contribution in [3.63, 3.8) is 0 Å². The van der Waals surface area contributed by atoms with Crippen molar-refractivity contribution in [2.75, 3.05) is 6.61 Å². The zero-order chi connectivity index (χ0) is 15.8. The molecule has 0 aliphatic carbocycles. The van der Waals surface area contributed by atoms with E-state index in [1.807, 2.05) is 31.2 Å². The van der Waals surface area contributed by atoms with Crippen LogP contribution in [0.5, 0.6) is 5.75 Å². The summed E-state index contributed by atoms with van der Waals surface area (Å²) < 4.78 is 10.5. The lowest BCUT2D eigenvalue weighted by Gasteiger charge is -2.06. The van der Waals surface area contributed by atoms with Gasteiger partial charge in [-0.1, -0.05) is 12.1 Å². The van der Waals surface area contributed by atoms with Crippen molar-refractivity contribution < 1.29 is 14.3 Å². The van der Waals surface area contributed by atoms with E-state index < -0.39 is 0 Å². The summed E-state index contributed by atoms with van der Waals surface area (Å²) >= 11 is 0. The Bertz CT molecular complexity index is 651. The minimum absolute atomic E-state index is 0.346. The Hall–Kier alpha value is -2.69. The highest BCUT2D eigenvalue weighted by Crippen LogP contribution is 2.14. The summed E-state index contributed by atoms with van der Waals surface area (Å²) in [5.41, 5.74) is 2.54. The first-order chi connectivity index (χ1) is 10.7. The number of esters is 1. The lowest BCUT2D eigenvalue weighted by atomic mass is 10.2. The number of carbonyl (C=O) groups excluding carboxylic acids is 1. The number of benzene rings is 1. The average molecular weight is 298 g/mol. The fourth-order valence-electron chi connectivity index (χ4n) is 1.77. The molecule has 1 aromatic carbocycles. The number of hydrogen-bond donors (Lipinski definition) is 0. The molecule has 5 nitrogen and oxygen atoms in total. The van der Waals surface area contributed by atoms with Crippen molar-refractivity contribution in [1.82, 2.24) is 9.97 Å². The second kappa shape index (κ2) is 7.93. The van der Waals surface area contributed by atoms with Crippen LogP contribution in [-0.4, -0.2) is 22.5 Å². The highest BCUT2D eigenvalue weighted by atomic mass is 16.5. The zero-order valence-corrected chi connectivity index (χ0v) is 12.7. The minimum atomic E-state index is -0.346. The molecule has 22 heavy (non-hydrogen) atoms. The summed E-state index contributed by atoms with van der Waals surface area (Å²) in [6.45, 7) is 4.40. The highest BCUT2D eigenvalue weighted by Gasteiger charge is 1.99. The van der Waals surface area contributed by atoms with Crippen LogP contribution in [0.4, 0.5) is 0 Å². The van der Waals surface area contributed by atoms with E-state index in [1.54, 1.807) is 25.4 Å². The fourth-order valence-corrected chi connectivity index (χ4v) is 1.77. The molecule has 0 atom stereocenters. The van der Waals surface area contributed by atoms with Crippen LogP contribution in [0.25, 0.3) is 6.08 Å². The van der Waals surface area contributed by atoms with Crippen LogP contribution in [0.1, 0.15) is 23.9 Å². The predicted octanol–water partition coefficient (Wildman–Crippen LogP) is 2.94. The minimum Gasteiger partial charge on any atom is -0.487 e. The van der Waals surface area contributed by atoms with E-state index in [0.29, 0.717) is 13.2 Å². The Kier molecular flexibility index (Phi) is 5.65. The summed E-state index contributed by atoms with van der Waals surface area (Å²) in [5, 5.41) is 0.